The van der Waals surface area contributed by atoms with Gasteiger partial charge in [-0.05, 0) is 49.0 Å². The molecule has 2 nitrogen and oxygen atoms in total. The predicted molar refractivity (Wildman–Crippen MR) is 82.2 cm³/mol. The molecular weight excluding hydrogens is 234 g/mol. The summed E-state index contributed by atoms with van der Waals surface area (Å²) in [6, 6.07) is 0.0839. The van der Waals surface area contributed by atoms with Crippen LogP contribution >= 0.6 is 0 Å². The molecule has 1 N–H and O–H groups in total. The highest BCUT2D eigenvalue weighted by Gasteiger charge is 2.39. The standard InChI is InChI=1S/C17H33NO/c1-7-16(19)15(18-8-2)11-14-9-12(3)17(5,6)13(4)10-14/h12-15,18H,7-11H2,1-6H3. The molecule has 1 aliphatic carbocycles. The minimum Gasteiger partial charge on any atom is -0.308 e. The van der Waals surface area contributed by atoms with E-state index >= 15 is 0 Å². The Hall–Kier alpha value is -0.370. The Morgan fingerprint density at radius 1 is 1.21 bits per heavy atom. The van der Waals surface area contributed by atoms with Crippen LogP contribution in [0.3, 0.4) is 0 Å². The Morgan fingerprint density at radius 3 is 2.16 bits per heavy atom. The fourth-order valence-corrected chi connectivity index (χ4v) is 3.54. The van der Waals surface area contributed by atoms with Crippen LogP contribution < -0.4 is 5.32 Å². The van der Waals surface area contributed by atoms with Gasteiger partial charge in [-0.2, -0.15) is 0 Å². The average Bonchev–Trinajstić information content (AvgIpc) is 2.35. The van der Waals surface area contributed by atoms with Gasteiger partial charge in [0.2, 0.25) is 0 Å². The minimum atomic E-state index is 0.0839. The molecule has 1 rings (SSSR count). The fraction of sp³-hybridized carbons (Fsp3) is 0.941. The second-order valence-corrected chi connectivity index (χ2v) is 7.13. The number of carbonyl (C=O) groups is 1. The maximum Gasteiger partial charge on any atom is 0.149 e. The molecule has 1 saturated carbocycles. The van der Waals surface area contributed by atoms with Crippen molar-refractivity contribution in [2.45, 2.75) is 73.3 Å². The average molecular weight is 267 g/mol. The quantitative estimate of drug-likeness (QED) is 0.787. The third-order valence-electron chi connectivity index (χ3n) is 5.67. The predicted octanol–water partition coefficient (Wildman–Crippen LogP) is 4.04. The third kappa shape index (κ3) is 4.05. The molecule has 112 valence electrons. The Balaban J connectivity index is 2.64. The molecule has 1 fully saturated rings. The highest BCUT2D eigenvalue weighted by molar-refractivity contribution is 5.83. The van der Waals surface area contributed by atoms with Gasteiger partial charge in [-0.1, -0.05) is 41.5 Å². The Morgan fingerprint density at radius 2 is 1.74 bits per heavy atom. The summed E-state index contributed by atoms with van der Waals surface area (Å²) in [4.78, 5) is 12.0. The van der Waals surface area contributed by atoms with E-state index in [-0.39, 0.29) is 6.04 Å². The molecule has 3 unspecified atom stereocenters. The molecule has 0 aromatic heterocycles. The zero-order valence-corrected chi connectivity index (χ0v) is 13.8. The maximum absolute atomic E-state index is 12.0. The first-order valence-electron chi connectivity index (χ1n) is 8.08. The van der Waals surface area contributed by atoms with Crippen LogP contribution in [0.25, 0.3) is 0 Å². The number of carbonyl (C=O) groups excluding carboxylic acids is 1. The van der Waals surface area contributed by atoms with Crippen LogP contribution in [0.5, 0.6) is 0 Å². The zero-order chi connectivity index (χ0) is 14.6. The van der Waals surface area contributed by atoms with Gasteiger partial charge in [-0.25, -0.2) is 0 Å². The normalized spacial score (nSPS) is 32.0. The molecule has 0 aliphatic heterocycles. The first kappa shape index (κ1) is 16.7. The fourth-order valence-electron chi connectivity index (χ4n) is 3.54. The van der Waals surface area contributed by atoms with E-state index in [1.54, 1.807) is 0 Å². The van der Waals surface area contributed by atoms with Gasteiger partial charge in [0.15, 0.2) is 0 Å². The summed E-state index contributed by atoms with van der Waals surface area (Å²) in [5, 5.41) is 3.38. The van der Waals surface area contributed by atoms with Crippen LogP contribution in [0.2, 0.25) is 0 Å². The molecule has 0 heterocycles. The van der Waals surface area contributed by atoms with Crippen LogP contribution in [0.15, 0.2) is 0 Å². The van der Waals surface area contributed by atoms with Gasteiger partial charge in [0.25, 0.3) is 0 Å². The Kier molecular flexibility index (Phi) is 6.04. The molecule has 0 aromatic carbocycles. The van der Waals surface area contributed by atoms with Crippen molar-refractivity contribution in [2.75, 3.05) is 6.54 Å². The van der Waals surface area contributed by atoms with Crippen molar-refractivity contribution in [3.8, 4) is 0 Å². The Labute approximate surface area is 119 Å². The van der Waals surface area contributed by atoms with Crippen LogP contribution in [0.1, 0.15) is 67.2 Å². The summed E-state index contributed by atoms with van der Waals surface area (Å²) in [7, 11) is 0. The van der Waals surface area contributed by atoms with Gasteiger partial charge in [-0.3, -0.25) is 4.79 Å². The molecular formula is C17H33NO. The molecule has 2 heteroatoms. The van der Waals surface area contributed by atoms with Crippen LogP contribution in [-0.2, 0) is 4.79 Å². The minimum absolute atomic E-state index is 0.0839. The summed E-state index contributed by atoms with van der Waals surface area (Å²) in [5.74, 6) is 2.59. The van der Waals surface area contributed by atoms with Gasteiger partial charge in [0, 0.05) is 6.42 Å². The van der Waals surface area contributed by atoms with Crippen molar-refractivity contribution in [1.82, 2.24) is 5.32 Å². The van der Waals surface area contributed by atoms with E-state index in [0.717, 1.165) is 24.8 Å². The largest absolute Gasteiger partial charge is 0.308 e. The molecule has 0 bridgehead atoms. The number of Topliss-reactive ketones (excluding diaryl/α,β-unsaturated/α-hetero) is 1. The maximum atomic E-state index is 12.0. The van der Waals surface area contributed by atoms with Crippen molar-refractivity contribution in [3.05, 3.63) is 0 Å². The summed E-state index contributed by atoms with van der Waals surface area (Å²) in [5.41, 5.74) is 0.443. The summed E-state index contributed by atoms with van der Waals surface area (Å²) in [6.45, 7) is 14.5. The van der Waals surface area contributed by atoms with Gasteiger partial charge in [0.1, 0.15) is 5.78 Å². The van der Waals surface area contributed by atoms with Gasteiger partial charge < -0.3 is 5.32 Å². The SMILES string of the molecule is CCNC(CC1CC(C)C(C)(C)C(C)C1)C(=O)CC. The molecule has 0 spiro atoms. The summed E-state index contributed by atoms with van der Waals surface area (Å²) < 4.78 is 0. The zero-order valence-electron chi connectivity index (χ0n) is 13.8. The highest BCUT2D eigenvalue weighted by atomic mass is 16.1. The third-order valence-corrected chi connectivity index (χ3v) is 5.67. The van der Waals surface area contributed by atoms with Crippen LogP contribution in [-0.4, -0.2) is 18.4 Å². The number of hydrogen-bond acceptors (Lipinski definition) is 2. The van der Waals surface area contributed by atoms with E-state index < -0.39 is 0 Å². The molecule has 1 aliphatic rings. The molecule has 0 saturated heterocycles. The van der Waals surface area contributed by atoms with Gasteiger partial charge in [0.05, 0.1) is 6.04 Å². The van der Waals surface area contributed by atoms with E-state index in [0.29, 0.717) is 23.5 Å². The second-order valence-electron chi connectivity index (χ2n) is 7.13. The van der Waals surface area contributed by atoms with E-state index in [9.17, 15) is 4.79 Å². The van der Waals surface area contributed by atoms with Crippen molar-refractivity contribution < 1.29 is 4.79 Å². The van der Waals surface area contributed by atoms with E-state index in [2.05, 4.69) is 39.9 Å². The van der Waals surface area contributed by atoms with Crippen molar-refractivity contribution >= 4 is 5.78 Å². The number of rotatable bonds is 6. The van der Waals surface area contributed by atoms with Crippen LogP contribution in [0.4, 0.5) is 0 Å². The smallest absolute Gasteiger partial charge is 0.149 e. The first-order chi connectivity index (χ1) is 8.82. The number of hydrogen-bond donors (Lipinski definition) is 1. The lowest BCUT2D eigenvalue weighted by Crippen LogP contribution is -2.42. The van der Waals surface area contributed by atoms with Crippen molar-refractivity contribution in [2.24, 2.45) is 23.2 Å². The summed E-state index contributed by atoms with van der Waals surface area (Å²) >= 11 is 0. The Bertz CT molecular complexity index is 284. The van der Waals surface area contributed by atoms with Crippen molar-refractivity contribution in [3.63, 3.8) is 0 Å². The number of nitrogens with one attached hydrogen (secondary N) is 1. The number of ketones is 1. The highest BCUT2D eigenvalue weighted by Crippen LogP contribution is 2.47. The first-order valence-corrected chi connectivity index (χ1v) is 8.08. The van der Waals surface area contributed by atoms with E-state index in [4.69, 9.17) is 0 Å². The van der Waals surface area contributed by atoms with Gasteiger partial charge in [-0.15, -0.1) is 0 Å². The van der Waals surface area contributed by atoms with E-state index in [1.165, 1.54) is 12.8 Å². The number of likely N-dealkylation sites (N-methyl/N-ethyl adjacent to an activating group) is 1. The van der Waals surface area contributed by atoms with E-state index in [1.807, 2.05) is 6.92 Å². The lowest BCUT2D eigenvalue weighted by molar-refractivity contribution is -0.121. The molecule has 19 heavy (non-hydrogen) atoms. The lowest BCUT2D eigenvalue weighted by Gasteiger charge is -2.46. The topological polar surface area (TPSA) is 29.1 Å². The summed E-state index contributed by atoms with van der Waals surface area (Å²) in [6.07, 6.45) is 4.23. The second kappa shape index (κ2) is 6.88. The monoisotopic (exact) mass is 267 g/mol. The van der Waals surface area contributed by atoms with Gasteiger partial charge >= 0.3 is 0 Å². The van der Waals surface area contributed by atoms with Crippen LogP contribution in [0, 0.1) is 23.2 Å². The van der Waals surface area contributed by atoms with Crippen molar-refractivity contribution in [1.29, 1.82) is 0 Å². The molecule has 3 atom stereocenters. The molecule has 0 aromatic rings. The lowest BCUT2D eigenvalue weighted by atomic mass is 9.60. The molecule has 0 amide bonds. The molecule has 0 radical (unpaired) electrons.